The van der Waals surface area contributed by atoms with E-state index >= 15 is 0 Å². The molecule has 1 aliphatic heterocycles. The van der Waals surface area contributed by atoms with Crippen molar-refractivity contribution in [3.05, 3.63) is 75.8 Å². The lowest BCUT2D eigenvalue weighted by Gasteiger charge is -2.34. The summed E-state index contributed by atoms with van der Waals surface area (Å²) in [5, 5.41) is 5.49. The van der Waals surface area contributed by atoms with Crippen molar-refractivity contribution in [1.82, 2.24) is 9.29 Å². The Morgan fingerprint density at radius 2 is 1.86 bits per heavy atom. The highest BCUT2D eigenvalue weighted by Crippen LogP contribution is 2.30. The number of fused-ring (bicyclic) bond motifs is 1. The van der Waals surface area contributed by atoms with E-state index in [-0.39, 0.29) is 11.4 Å². The molecule has 0 spiro atoms. The number of aromatic nitrogens is 1. The summed E-state index contributed by atoms with van der Waals surface area (Å²) in [5.74, 6) is -0.397. The van der Waals surface area contributed by atoms with Crippen molar-refractivity contribution in [1.29, 1.82) is 0 Å². The molecule has 4 rings (SSSR count). The van der Waals surface area contributed by atoms with Gasteiger partial charge in [-0.3, -0.25) is 4.79 Å². The Morgan fingerprint density at radius 3 is 2.52 bits per heavy atom. The standard InChI is InChI=1S/C20H18ClN3O3S2/c1-13-12-28-20(22-13)23-19(25)18-10-14-4-2-3-5-15(14)11-24(18)29(26,27)17-8-6-16(21)7-9-17/h2-9,12,18H,10-11H2,1H3,(H,22,23,25)/t18-/m0/s1. The monoisotopic (exact) mass is 447 g/mol. The normalized spacial score (nSPS) is 17.0. The lowest BCUT2D eigenvalue weighted by molar-refractivity contribution is -0.120. The highest BCUT2D eigenvalue weighted by atomic mass is 35.5. The minimum atomic E-state index is -3.91. The number of amides is 1. The van der Waals surface area contributed by atoms with Gasteiger partial charge >= 0.3 is 0 Å². The van der Waals surface area contributed by atoms with Crippen LogP contribution in [-0.4, -0.2) is 29.7 Å². The van der Waals surface area contributed by atoms with E-state index < -0.39 is 22.0 Å². The third-order valence-electron chi connectivity index (χ3n) is 4.78. The van der Waals surface area contributed by atoms with E-state index in [4.69, 9.17) is 11.6 Å². The molecule has 150 valence electrons. The topological polar surface area (TPSA) is 79.4 Å². The maximum Gasteiger partial charge on any atom is 0.244 e. The van der Waals surface area contributed by atoms with Gasteiger partial charge in [0, 0.05) is 16.9 Å². The van der Waals surface area contributed by atoms with E-state index in [1.807, 2.05) is 36.6 Å². The second kappa shape index (κ2) is 7.87. The molecular weight excluding hydrogens is 430 g/mol. The number of hydrogen-bond acceptors (Lipinski definition) is 5. The Bertz CT molecular complexity index is 1160. The molecule has 0 bridgehead atoms. The molecule has 1 amide bonds. The van der Waals surface area contributed by atoms with Gasteiger partial charge in [-0.2, -0.15) is 4.31 Å². The summed E-state index contributed by atoms with van der Waals surface area (Å²) < 4.78 is 28.0. The highest BCUT2D eigenvalue weighted by Gasteiger charge is 2.39. The van der Waals surface area contributed by atoms with E-state index in [0.29, 0.717) is 16.6 Å². The molecule has 1 aliphatic rings. The van der Waals surface area contributed by atoms with Crippen molar-refractivity contribution in [2.75, 3.05) is 5.32 Å². The van der Waals surface area contributed by atoms with Crippen molar-refractivity contribution in [3.8, 4) is 0 Å². The summed E-state index contributed by atoms with van der Waals surface area (Å²) in [4.78, 5) is 17.4. The van der Waals surface area contributed by atoms with Crippen molar-refractivity contribution >= 4 is 44.0 Å². The maximum atomic E-state index is 13.4. The van der Waals surface area contributed by atoms with Gasteiger partial charge in [0.25, 0.3) is 0 Å². The number of sulfonamides is 1. The van der Waals surface area contributed by atoms with Crippen LogP contribution in [0, 0.1) is 6.92 Å². The van der Waals surface area contributed by atoms with Crippen molar-refractivity contribution in [3.63, 3.8) is 0 Å². The predicted molar refractivity (Wildman–Crippen MR) is 114 cm³/mol. The van der Waals surface area contributed by atoms with Crippen molar-refractivity contribution in [2.45, 2.75) is 30.8 Å². The highest BCUT2D eigenvalue weighted by molar-refractivity contribution is 7.89. The fourth-order valence-electron chi connectivity index (χ4n) is 3.32. The summed E-state index contributed by atoms with van der Waals surface area (Å²) in [7, 11) is -3.91. The van der Waals surface area contributed by atoms with E-state index in [9.17, 15) is 13.2 Å². The van der Waals surface area contributed by atoms with Crippen LogP contribution >= 0.6 is 22.9 Å². The number of anilines is 1. The van der Waals surface area contributed by atoms with E-state index in [0.717, 1.165) is 16.8 Å². The zero-order chi connectivity index (χ0) is 20.6. The third-order valence-corrected chi connectivity index (χ3v) is 7.77. The van der Waals surface area contributed by atoms with Crippen molar-refractivity contribution in [2.24, 2.45) is 0 Å². The second-order valence-electron chi connectivity index (χ2n) is 6.78. The molecule has 0 radical (unpaired) electrons. The van der Waals surface area contributed by atoms with Gasteiger partial charge in [0.1, 0.15) is 6.04 Å². The van der Waals surface area contributed by atoms with Crippen LogP contribution in [0.3, 0.4) is 0 Å². The van der Waals surface area contributed by atoms with Gasteiger partial charge in [-0.05, 0) is 48.7 Å². The first-order chi connectivity index (χ1) is 13.8. The Balaban J connectivity index is 1.71. The van der Waals surface area contributed by atoms with Gasteiger partial charge < -0.3 is 5.32 Å². The van der Waals surface area contributed by atoms with E-state index in [2.05, 4.69) is 10.3 Å². The van der Waals surface area contributed by atoms with Crippen LogP contribution in [0.15, 0.2) is 58.8 Å². The molecule has 0 saturated heterocycles. The zero-order valence-corrected chi connectivity index (χ0v) is 17.9. The van der Waals surface area contributed by atoms with Crippen LogP contribution in [0.5, 0.6) is 0 Å². The maximum absolute atomic E-state index is 13.4. The summed E-state index contributed by atoms with van der Waals surface area (Å²) in [6.07, 6.45) is 0.291. The Hall–Kier alpha value is -2.26. The molecule has 3 aromatic rings. The first-order valence-corrected chi connectivity index (χ1v) is 11.6. The minimum absolute atomic E-state index is 0.101. The van der Waals surface area contributed by atoms with Gasteiger partial charge in [0.05, 0.1) is 10.6 Å². The predicted octanol–water partition coefficient (Wildman–Crippen LogP) is 3.86. The number of thiazole rings is 1. The number of benzene rings is 2. The number of rotatable bonds is 4. The quantitative estimate of drug-likeness (QED) is 0.658. The zero-order valence-electron chi connectivity index (χ0n) is 15.5. The van der Waals surface area contributed by atoms with Gasteiger partial charge in [-0.15, -0.1) is 11.3 Å². The summed E-state index contributed by atoms with van der Waals surface area (Å²) in [6.45, 7) is 1.95. The molecule has 1 N–H and O–H groups in total. The minimum Gasteiger partial charge on any atom is -0.301 e. The number of nitrogens with zero attached hydrogens (tertiary/aromatic N) is 2. The molecular formula is C20H18ClN3O3S2. The van der Waals surface area contributed by atoms with E-state index in [1.54, 1.807) is 0 Å². The van der Waals surface area contributed by atoms with Crippen LogP contribution in [0.4, 0.5) is 5.13 Å². The third kappa shape index (κ3) is 4.06. The molecule has 1 atom stereocenters. The van der Waals surface area contributed by atoms with Crippen LogP contribution in [0.1, 0.15) is 16.8 Å². The number of carbonyl (C=O) groups excluding carboxylic acids is 1. The fraction of sp³-hybridized carbons (Fsp3) is 0.200. The molecule has 0 aliphatic carbocycles. The molecule has 0 unspecified atom stereocenters. The Labute approximate surface area is 178 Å². The number of nitrogens with one attached hydrogen (secondary N) is 1. The molecule has 2 heterocycles. The molecule has 9 heteroatoms. The van der Waals surface area contributed by atoms with Crippen LogP contribution in [0.2, 0.25) is 5.02 Å². The SMILES string of the molecule is Cc1csc(NC(=O)[C@@H]2Cc3ccccc3CN2S(=O)(=O)c2ccc(Cl)cc2)n1. The number of halogens is 1. The average molecular weight is 448 g/mol. The number of hydrogen-bond donors (Lipinski definition) is 1. The Kier molecular flexibility index (Phi) is 5.44. The summed E-state index contributed by atoms with van der Waals surface area (Å²) in [5.41, 5.74) is 2.65. The van der Waals surface area contributed by atoms with Crippen LogP contribution in [-0.2, 0) is 27.8 Å². The fourth-order valence-corrected chi connectivity index (χ4v) is 5.70. The first-order valence-electron chi connectivity index (χ1n) is 8.92. The van der Waals surface area contributed by atoms with Crippen molar-refractivity contribution < 1.29 is 13.2 Å². The molecule has 0 saturated carbocycles. The van der Waals surface area contributed by atoms with Gasteiger partial charge in [-0.25, -0.2) is 13.4 Å². The lowest BCUT2D eigenvalue weighted by Crippen LogP contribution is -2.50. The molecule has 6 nitrogen and oxygen atoms in total. The largest absolute Gasteiger partial charge is 0.301 e. The number of carbonyl (C=O) groups is 1. The first kappa shape index (κ1) is 20.0. The summed E-state index contributed by atoms with van der Waals surface area (Å²) >= 11 is 7.22. The molecule has 1 aromatic heterocycles. The summed E-state index contributed by atoms with van der Waals surface area (Å²) in [6, 6.07) is 12.7. The van der Waals surface area contributed by atoms with Gasteiger partial charge in [-0.1, -0.05) is 35.9 Å². The Morgan fingerprint density at radius 1 is 1.17 bits per heavy atom. The van der Waals surface area contributed by atoms with E-state index in [1.165, 1.54) is 39.9 Å². The van der Waals surface area contributed by atoms with Gasteiger partial charge in [0.15, 0.2) is 5.13 Å². The second-order valence-corrected chi connectivity index (χ2v) is 9.96. The van der Waals surface area contributed by atoms with Crippen LogP contribution in [0.25, 0.3) is 0 Å². The smallest absolute Gasteiger partial charge is 0.244 e. The van der Waals surface area contributed by atoms with Crippen LogP contribution < -0.4 is 5.32 Å². The number of aryl methyl sites for hydroxylation is 1. The lowest BCUT2D eigenvalue weighted by atomic mass is 9.95. The average Bonchev–Trinajstić information content (AvgIpc) is 3.11. The van der Waals surface area contributed by atoms with Gasteiger partial charge in [0.2, 0.25) is 15.9 Å². The molecule has 29 heavy (non-hydrogen) atoms. The molecule has 2 aromatic carbocycles. The molecule has 0 fully saturated rings.